The van der Waals surface area contributed by atoms with Crippen LogP contribution in [0, 0.1) is 11.3 Å². The van der Waals surface area contributed by atoms with E-state index >= 15 is 0 Å². The van der Waals surface area contributed by atoms with Crippen LogP contribution >= 0.6 is 0 Å². The van der Waals surface area contributed by atoms with Crippen molar-refractivity contribution in [2.45, 2.75) is 38.0 Å². The van der Waals surface area contributed by atoms with E-state index in [0.29, 0.717) is 31.0 Å². The van der Waals surface area contributed by atoms with Crippen molar-refractivity contribution in [3.05, 3.63) is 11.7 Å². The number of rotatable bonds is 4. The van der Waals surface area contributed by atoms with Crippen molar-refractivity contribution >= 4 is 9.84 Å². The molecule has 0 N–H and O–H groups in total. The maximum Gasteiger partial charge on any atom is 0.229 e. The van der Waals surface area contributed by atoms with E-state index in [1.165, 1.54) is 0 Å². The molecule has 0 saturated carbocycles. The zero-order valence-electron chi connectivity index (χ0n) is 10.2. The zero-order chi connectivity index (χ0) is 13.2. The van der Waals surface area contributed by atoms with Crippen LogP contribution in [0.1, 0.15) is 49.7 Å². The van der Waals surface area contributed by atoms with Crippen LogP contribution in [-0.4, -0.2) is 30.1 Å². The molecule has 6 nitrogen and oxygen atoms in total. The van der Waals surface area contributed by atoms with Gasteiger partial charge in [-0.1, -0.05) is 12.1 Å². The van der Waals surface area contributed by atoms with Crippen molar-refractivity contribution in [3.8, 4) is 6.07 Å². The Morgan fingerprint density at radius 3 is 3.00 bits per heavy atom. The van der Waals surface area contributed by atoms with E-state index in [1.54, 1.807) is 0 Å². The van der Waals surface area contributed by atoms with Gasteiger partial charge in [0.1, 0.15) is 0 Å². The SMILES string of the molecule is CC(CCC#N)c1nc(C2CCS(=O)(=O)C2)no1. The van der Waals surface area contributed by atoms with E-state index in [2.05, 4.69) is 16.2 Å². The number of sulfone groups is 1. The van der Waals surface area contributed by atoms with Gasteiger partial charge in [0.05, 0.1) is 17.6 Å². The molecule has 98 valence electrons. The van der Waals surface area contributed by atoms with Gasteiger partial charge < -0.3 is 4.52 Å². The maximum atomic E-state index is 11.4. The lowest BCUT2D eigenvalue weighted by molar-refractivity contribution is 0.349. The van der Waals surface area contributed by atoms with Crippen LogP contribution < -0.4 is 0 Å². The summed E-state index contributed by atoms with van der Waals surface area (Å²) >= 11 is 0. The van der Waals surface area contributed by atoms with E-state index < -0.39 is 9.84 Å². The summed E-state index contributed by atoms with van der Waals surface area (Å²) in [7, 11) is -2.93. The molecule has 1 saturated heterocycles. The predicted octanol–water partition coefficient (Wildman–Crippen LogP) is 1.38. The molecule has 2 heterocycles. The average Bonchev–Trinajstić information content (AvgIpc) is 2.92. The quantitative estimate of drug-likeness (QED) is 0.819. The molecule has 1 aliphatic heterocycles. The van der Waals surface area contributed by atoms with Gasteiger partial charge in [-0.05, 0) is 12.8 Å². The molecule has 0 amide bonds. The third-order valence-electron chi connectivity index (χ3n) is 3.17. The maximum absolute atomic E-state index is 11.4. The fourth-order valence-electron chi connectivity index (χ4n) is 2.02. The van der Waals surface area contributed by atoms with E-state index in [0.717, 1.165) is 0 Å². The summed E-state index contributed by atoms with van der Waals surface area (Å²) in [5.74, 6) is 1.17. The van der Waals surface area contributed by atoms with Gasteiger partial charge in [0.2, 0.25) is 5.89 Å². The first-order valence-electron chi connectivity index (χ1n) is 5.92. The third kappa shape index (κ3) is 2.88. The molecule has 0 aromatic carbocycles. The van der Waals surface area contributed by atoms with Crippen LogP contribution in [0.25, 0.3) is 0 Å². The molecule has 0 aliphatic carbocycles. The van der Waals surface area contributed by atoms with E-state index in [1.807, 2.05) is 6.92 Å². The second kappa shape index (κ2) is 5.06. The number of hydrogen-bond acceptors (Lipinski definition) is 6. The van der Waals surface area contributed by atoms with Crippen molar-refractivity contribution in [2.24, 2.45) is 0 Å². The highest BCUT2D eigenvalue weighted by Gasteiger charge is 2.32. The molecular weight excluding hydrogens is 254 g/mol. The largest absolute Gasteiger partial charge is 0.339 e. The summed E-state index contributed by atoms with van der Waals surface area (Å²) in [4.78, 5) is 4.26. The molecule has 0 bridgehead atoms. The van der Waals surface area contributed by atoms with Gasteiger partial charge in [-0.15, -0.1) is 0 Å². The summed E-state index contributed by atoms with van der Waals surface area (Å²) in [6, 6.07) is 2.07. The second-order valence-corrected chi connectivity index (χ2v) is 6.92. The smallest absolute Gasteiger partial charge is 0.229 e. The molecule has 1 aliphatic rings. The Hall–Kier alpha value is -1.42. The minimum atomic E-state index is -2.93. The lowest BCUT2D eigenvalue weighted by atomic mass is 10.1. The number of nitrogens with zero attached hydrogens (tertiary/aromatic N) is 3. The van der Waals surface area contributed by atoms with Crippen molar-refractivity contribution in [2.75, 3.05) is 11.5 Å². The first-order chi connectivity index (χ1) is 8.52. The summed E-state index contributed by atoms with van der Waals surface area (Å²) in [6.45, 7) is 1.92. The third-order valence-corrected chi connectivity index (χ3v) is 4.93. The van der Waals surface area contributed by atoms with Crippen LogP contribution in [0.3, 0.4) is 0 Å². The Bertz CT molecular complexity index is 558. The lowest BCUT2D eigenvalue weighted by Gasteiger charge is -2.01. The summed E-state index contributed by atoms with van der Waals surface area (Å²) in [5.41, 5.74) is 0. The van der Waals surface area contributed by atoms with Gasteiger partial charge in [0, 0.05) is 18.3 Å². The first kappa shape index (κ1) is 13.0. The van der Waals surface area contributed by atoms with Crippen LogP contribution in [0.2, 0.25) is 0 Å². The number of nitriles is 1. The van der Waals surface area contributed by atoms with Gasteiger partial charge in [0.25, 0.3) is 0 Å². The van der Waals surface area contributed by atoms with Gasteiger partial charge >= 0.3 is 0 Å². The minimum absolute atomic E-state index is 0.0314. The highest BCUT2D eigenvalue weighted by Crippen LogP contribution is 2.28. The number of aromatic nitrogens is 2. The standard InChI is InChI=1S/C11H15N3O3S/c1-8(3-2-5-12)11-13-10(14-17-11)9-4-6-18(15,16)7-9/h8-9H,2-4,6-7H2,1H3. The average molecular weight is 269 g/mol. The molecule has 2 rings (SSSR count). The zero-order valence-corrected chi connectivity index (χ0v) is 11.0. The van der Waals surface area contributed by atoms with Crippen molar-refractivity contribution in [3.63, 3.8) is 0 Å². The summed E-state index contributed by atoms with van der Waals surface area (Å²) in [5, 5.41) is 12.4. The Kier molecular flexibility index (Phi) is 3.66. The minimum Gasteiger partial charge on any atom is -0.339 e. The van der Waals surface area contributed by atoms with Crippen molar-refractivity contribution in [1.82, 2.24) is 10.1 Å². The molecule has 0 spiro atoms. The first-order valence-corrected chi connectivity index (χ1v) is 7.75. The summed E-state index contributed by atoms with van der Waals surface area (Å²) in [6.07, 6.45) is 1.67. The molecule has 0 radical (unpaired) electrons. The second-order valence-electron chi connectivity index (χ2n) is 4.69. The van der Waals surface area contributed by atoms with E-state index in [4.69, 9.17) is 9.78 Å². The van der Waals surface area contributed by atoms with Crippen LogP contribution in [-0.2, 0) is 9.84 Å². The van der Waals surface area contributed by atoms with Crippen molar-refractivity contribution in [1.29, 1.82) is 5.26 Å². The highest BCUT2D eigenvalue weighted by atomic mass is 32.2. The Morgan fingerprint density at radius 1 is 1.61 bits per heavy atom. The van der Waals surface area contributed by atoms with E-state index in [-0.39, 0.29) is 23.3 Å². The Balaban J connectivity index is 2.05. The number of hydrogen-bond donors (Lipinski definition) is 0. The predicted molar refractivity (Wildman–Crippen MR) is 63.6 cm³/mol. The normalized spacial score (nSPS) is 23.7. The molecule has 2 unspecified atom stereocenters. The fraction of sp³-hybridized carbons (Fsp3) is 0.727. The molecular formula is C11H15N3O3S. The molecule has 1 aromatic heterocycles. The Morgan fingerprint density at radius 2 is 2.39 bits per heavy atom. The van der Waals surface area contributed by atoms with Crippen LogP contribution in [0.15, 0.2) is 4.52 Å². The molecule has 2 atom stereocenters. The van der Waals surface area contributed by atoms with E-state index in [9.17, 15) is 8.42 Å². The topological polar surface area (TPSA) is 96.8 Å². The highest BCUT2D eigenvalue weighted by molar-refractivity contribution is 7.91. The van der Waals surface area contributed by atoms with Crippen molar-refractivity contribution < 1.29 is 12.9 Å². The lowest BCUT2D eigenvalue weighted by Crippen LogP contribution is -2.05. The molecule has 7 heteroatoms. The Labute approximate surface area is 106 Å². The van der Waals surface area contributed by atoms with Gasteiger partial charge in [-0.3, -0.25) is 0 Å². The molecule has 1 aromatic rings. The fourth-order valence-corrected chi connectivity index (χ4v) is 3.76. The monoisotopic (exact) mass is 269 g/mol. The van der Waals surface area contributed by atoms with Crippen LogP contribution in [0.4, 0.5) is 0 Å². The van der Waals surface area contributed by atoms with Gasteiger partial charge in [0.15, 0.2) is 15.7 Å². The van der Waals surface area contributed by atoms with Crippen LogP contribution in [0.5, 0.6) is 0 Å². The van der Waals surface area contributed by atoms with Gasteiger partial charge in [-0.25, -0.2) is 8.42 Å². The van der Waals surface area contributed by atoms with Gasteiger partial charge in [-0.2, -0.15) is 10.2 Å². The molecule has 18 heavy (non-hydrogen) atoms. The summed E-state index contributed by atoms with van der Waals surface area (Å²) < 4.78 is 27.9. The molecule has 1 fully saturated rings.